The Morgan fingerprint density at radius 3 is 2.16 bits per heavy atom. The molecule has 4 heteroatoms. The van der Waals surface area contributed by atoms with Gasteiger partial charge < -0.3 is 15.2 Å². The topological polar surface area (TPSA) is 44.5 Å². The molecule has 0 aromatic heterocycles. The van der Waals surface area contributed by atoms with Gasteiger partial charge in [0.25, 0.3) is 0 Å². The van der Waals surface area contributed by atoms with Gasteiger partial charge in [-0.25, -0.2) is 4.39 Å². The Bertz CT molecular complexity index is 731. The van der Waals surface area contributed by atoms with Gasteiger partial charge in [0.2, 0.25) is 0 Å². The van der Waals surface area contributed by atoms with Gasteiger partial charge in [0.1, 0.15) is 30.5 Å². The SMILES string of the molecule is NC1C2CCC1Cc1cc(OCCOc3ccc(F)cc3)ccc1C2. The summed E-state index contributed by atoms with van der Waals surface area (Å²) in [5, 5.41) is 0. The molecule has 0 saturated heterocycles. The molecule has 2 aliphatic rings. The predicted octanol–water partition coefficient (Wildman–Crippen LogP) is 3.74. The van der Waals surface area contributed by atoms with Gasteiger partial charge in [-0.1, -0.05) is 6.07 Å². The van der Waals surface area contributed by atoms with Crippen molar-refractivity contribution >= 4 is 0 Å². The Morgan fingerprint density at radius 2 is 1.44 bits per heavy atom. The fourth-order valence-corrected chi connectivity index (χ4v) is 4.17. The van der Waals surface area contributed by atoms with Gasteiger partial charge in [-0.3, -0.25) is 0 Å². The predicted molar refractivity (Wildman–Crippen MR) is 95.4 cm³/mol. The highest BCUT2D eigenvalue weighted by Gasteiger charge is 2.36. The van der Waals surface area contributed by atoms with Crippen LogP contribution in [0.5, 0.6) is 11.5 Å². The maximum atomic E-state index is 12.9. The van der Waals surface area contributed by atoms with E-state index in [1.165, 1.54) is 36.1 Å². The number of ether oxygens (including phenoxy) is 2. The molecule has 1 saturated carbocycles. The number of fused-ring (bicyclic) bond motifs is 3. The first kappa shape index (κ1) is 16.4. The molecular weight excluding hydrogens is 317 g/mol. The van der Waals surface area contributed by atoms with Crippen LogP contribution in [-0.2, 0) is 12.8 Å². The summed E-state index contributed by atoms with van der Waals surface area (Å²) in [5.74, 6) is 2.53. The molecule has 2 aromatic rings. The van der Waals surface area contributed by atoms with Crippen molar-refractivity contribution < 1.29 is 13.9 Å². The summed E-state index contributed by atoms with van der Waals surface area (Å²) >= 11 is 0. The zero-order chi connectivity index (χ0) is 17.2. The first-order valence-corrected chi connectivity index (χ1v) is 9.07. The molecule has 132 valence electrons. The van der Waals surface area contributed by atoms with E-state index < -0.39 is 0 Å². The molecule has 2 aromatic carbocycles. The van der Waals surface area contributed by atoms with Gasteiger partial charge in [0, 0.05) is 6.04 Å². The van der Waals surface area contributed by atoms with Crippen LogP contribution in [0.4, 0.5) is 4.39 Å². The van der Waals surface area contributed by atoms with Crippen molar-refractivity contribution in [2.75, 3.05) is 13.2 Å². The zero-order valence-corrected chi connectivity index (χ0v) is 14.3. The largest absolute Gasteiger partial charge is 0.490 e. The standard InChI is InChI=1S/C21H24FNO2/c22-18-4-7-19(8-5-18)24-9-10-25-20-6-3-14-11-15-1-2-16(21(15)23)12-17(14)13-20/h3-8,13,15-16,21H,1-2,9-12,23H2. The third kappa shape index (κ3) is 3.64. The summed E-state index contributed by atoms with van der Waals surface area (Å²) in [5.41, 5.74) is 9.21. The number of nitrogens with two attached hydrogens (primary N) is 1. The Kier molecular flexibility index (Phi) is 4.62. The second-order valence-corrected chi connectivity index (χ2v) is 7.16. The van der Waals surface area contributed by atoms with Gasteiger partial charge >= 0.3 is 0 Å². The lowest BCUT2D eigenvalue weighted by atomic mass is 9.93. The normalized spacial score (nSPS) is 24.5. The van der Waals surface area contributed by atoms with Crippen molar-refractivity contribution in [3.63, 3.8) is 0 Å². The van der Waals surface area contributed by atoms with E-state index in [4.69, 9.17) is 15.2 Å². The smallest absolute Gasteiger partial charge is 0.123 e. The van der Waals surface area contributed by atoms with Crippen LogP contribution in [0.25, 0.3) is 0 Å². The van der Waals surface area contributed by atoms with Crippen LogP contribution in [0.1, 0.15) is 24.0 Å². The minimum absolute atomic E-state index is 0.262. The van der Waals surface area contributed by atoms with Crippen LogP contribution < -0.4 is 15.2 Å². The first-order chi connectivity index (χ1) is 12.2. The van der Waals surface area contributed by atoms with Gasteiger partial charge in [-0.15, -0.1) is 0 Å². The van der Waals surface area contributed by atoms with E-state index in [1.54, 1.807) is 12.1 Å². The van der Waals surface area contributed by atoms with Crippen LogP contribution in [0, 0.1) is 17.7 Å². The van der Waals surface area contributed by atoms with Crippen LogP contribution in [0.2, 0.25) is 0 Å². The highest BCUT2D eigenvalue weighted by Crippen LogP contribution is 2.39. The first-order valence-electron chi connectivity index (χ1n) is 9.07. The van der Waals surface area contributed by atoms with Gasteiger partial charge in [0.05, 0.1) is 0 Å². The van der Waals surface area contributed by atoms with E-state index in [0.29, 0.717) is 36.8 Å². The Balaban J connectivity index is 1.33. The van der Waals surface area contributed by atoms with Crippen LogP contribution in [0.15, 0.2) is 42.5 Å². The van der Waals surface area contributed by atoms with E-state index in [1.807, 2.05) is 6.07 Å². The van der Waals surface area contributed by atoms with Crippen LogP contribution in [0.3, 0.4) is 0 Å². The maximum absolute atomic E-state index is 12.9. The summed E-state index contributed by atoms with van der Waals surface area (Å²) in [6.45, 7) is 0.889. The van der Waals surface area contributed by atoms with Gasteiger partial charge in [-0.05, 0) is 85.0 Å². The Labute approximate surface area is 147 Å². The van der Waals surface area contributed by atoms with E-state index in [2.05, 4.69) is 12.1 Å². The second-order valence-electron chi connectivity index (χ2n) is 7.16. The number of benzene rings is 2. The quantitative estimate of drug-likeness (QED) is 0.843. The summed E-state index contributed by atoms with van der Waals surface area (Å²) in [4.78, 5) is 0. The molecule has 4 rings (SSSR count). The second kappa shape index (κ2) is 7.04. The van der Waals surface area contributed by atoms with Crippen molar-refractivity contribution in [3.8, 4) is 11.5 Å². The van der Waals surface area contributed by atoms with Crippen molar-refractivity contribution in [1.29, 1.82) is 0 Å². The average Bonchev–Trinajstić information content (AvgIpc) is 2.87. The Morgan fingerprint density at radius 1 is 0.840 bits per heavy atom. The fraction of sp³-hybridized carbons (Fsp3) is 0.429. The number of hydrogen-bond acceptors (Lipinski definition) is 3. The highest BCUT2D eigenvalue weighted by atomic mass is 19.1. The Hall–Kier alpha value is -2.07. The van der Waals surface area contributed by atoms with Gasteiger partial charge in [0.15, 0.2) is 0 Å². The molecule has 2 aliphatic carbocycles. The van der Waals surface area contributed by atoms with Crippen molar-refractivity contribution in [2.45, 2.75) is 31.7 Å². The minimum Gasteiger partial charge on any atom is -0.490 e. The molecule has 2 bridgehead atoms. The van der Waals surface area contributed by atoms with Crippen molar-refractivity contribution in [2.24, 2.45) is 17.6 Å². The molecular formula is C21H24FNO2. The molecule has 0 aliphatic heterocycles. The summed E-state index contributed by atoms with van der Waals surface area (Å²) in [7, 11) is 0. The van der Waals surface area contributed by atoms with Crippen molar-refractivity contribution in [3.05, 3.63) is 59.4 Å². The minimum atomic E-state index is -0.262. The van der Waals surface area contributed by atoms with Crippen LogP contribution >= 0.6 is 0 Å². The van der Waals surface area contributed by atoms with E-state index >= 15 is 0 Å². The zero-order valence-electron chi connectivity index (χ0n) is 14.3. The summed E-state index contributed by atoms with van der Waals surface area (Å²) in [6, 6.07) is 12.8. The van der Waals surface area contributed by atoms with E-state index in [9.17, 15) is 4.39 Å². The third-order valence-corrected chi connectivity index (χ3v) is 5.57. The molecule has 3 nitrogen and oxygen atoms in total. The fourth-order valence-electron chi connectivity index (χ4n) is 4.17. The van der Waals surface area contributed by atoms with E-state index in [-0.39, 0.29) is 5.82 Å². The monoisotopic (exact) mass is 341 g/mol. The number of rotatable bonds is 5. The summed E-state index contributed by atoms with van der Waals surface area (Å²) < 4.78 is 24.3. The summed E-state index contributed by atoms with van der Waals surface area (Å²) in [6.07, 6.45) is 4.68. The lowest BCUT2D eigenvalue weighted by Crippen LogP contribution is -2.31. The molecule has 0 amide bonds. The number of halogens is 1. The lowest BCUT2D eigenvalue weighted by Gasteiger charge is -2.15. The average molecular weight is 341 g/mol. The molecule has 3 unspecified atom stereocenters. The molecule has 0 spiro atoms. The molecule has 0 radical (unpaired) electrons. The van der Waals surface area contributed by atoms with Crippen LogP contribution in [-0.4, -0.2) is 19.3 Å². The molecule has 2 N–H and O–H groups in total. The highest BCUT2D eigenvalue weighted by molar-refractivity contribution is 5.38. The maximum Gasteiger partial charge on any atom is 0.123 e. The molecule has 3 atom stereocenters. The lowest BCUT2D eigenvalue weighted by molar-refractivity contribution is 0.217. The van der Waals surface area contributed by atoms with Gasteiger partial charge in [-0.2, -0.15) is 0 Å². The molecule has 0 heterocycles. The molecule has 25 heavy (non-hydrogen) atoms. The third-order valence-electron chi connectivity index (χ3n) is 5.57. The van der Waals surface area contributed by atoms with E-state index in [0.717, 1.165) is 18.6 Å². The molecule has 1 fully saturated rings. The number of hydrogen-bond donors (Lipinski definition) is 1. The van der Waals surface area contributed by atoms with Crippen molar-refractivity contribution in [1.82, 2.24) is 0 Å².